The quantitative estimate of drug-likeness (QED) is 0.816. The first-order valence-corrected chi connectivity index (χ1v) is 8.90. The predicted molar refractivity (Wildman–Crippen MR) is 84.2 cm³/mol. The van der Waals surface area contributed by atoms with Crippen molar-refractivity contribution in [2.45, 2.75) is 30.7 Å². The van der Waals surface area contributed by atoms with Crippen LogP contribution in [0.4, 0.5) is 5.69 Å². The van der Waals surface area contributed by atoms with E-state index in [0.29, 0.717) is 13.2 Å². The molecule has 1 aromatic rings. The monoisotopic (exact) mass is 352 g/mol. The van der Waals surface area contributed by atoms with Crippen LogP contribution in [0.25, 0.3) is 0 Å². The zero-order valence-corrected chi connectivity index (χ0v) is 13.9. The molecular weight excluding hydrogens is 335 g/mol. The van der Waals surface area contributed by atoms with E-state index in [9.17, 15) is 8.42 Å². The molecule has 1 heterocycles. The van der Waals surface area contributed by atoms with Gasteiger partial charge in [0.05, 0.1) is 15.7 Å². The molecule has 0 saturated carbocycles. The molecule has 1 unspecified atom stereocenters. The van der Waals surface area contributed by atoms with Crippen LogP contribution >= 0.6 is 23.2 Å². The van der Waals surface area contributed by atoms with Gasteiger partial charge < -0.3 is 10.5 Å². The Morgan fingerprint density at radius 3 is 2.57 bits per heavy atom. The molecule has 1 aliphatic heterocycles. The first kappa shape index (κ1) is 16.8. The molecule has 0 spiro atoms. The minimum Gasteiger partial charge on any atom is -0.396 e. The van der Waals surface area contributed by atoms with E-state index in [1.54, 1.807) is 0 Å². The van der Waals surface area contributed by atoms with Crippen LogP contribution in [0.5, 0.6) is 0 Å². The second-order valence-corrected chi connectivity index (χ2v) is 7.60. The highest BCUT2D eigenvalue weighted by Crippen LogP contribution is 2.33. The first-order valence-electron chi connectivity index (χ1n) is 6.66. The van der Waals surface area contributed by atoms with Gasteiger partial charge in [0, 0.05) is 19.3 Å². The molecular formula is C13H18Cl2N2O3S. The van der Waals surface area contributed by atoms with Gasteiger partial charge in [-0.1, -0.05) is 23.2 Å². The molecule has 5 nitrogen and oxygen atoms in total. The average molecular weight is 353 g/mol. The number of rotatable bonds is 4. The lowest BCUT2D eigenvalue weighted by Gasteiger charge is -2.28. The van der Waals surface area contributed by atoms with Crippen LogP contribution in [0.1, 0.15) is 19.8 Å². The van der Waals surface area contributed by atoms with Gasteiger partial charge in [-0.25, -0.2) is 13.1 Å². The maximum Gasteiger partial charge on any atom is 0.242 e. The van der Waals surface area contributed by atoms with E-state index >= 15 is 0 Å². The van der Waals surface area contributed by atoms with Gasteiger partial charge in [-0.15, -0.1) is 0 Å². The molecule has 1 aliphatic rings. The van der Waals surface area contributed by atoms with E-state index in [0.717, 1.165) is 12.8 Å². The molecule has 0 amide bonds. The molecule has 1 atom stereocenters. The van der Waals surface area contributed by atoms with Crippen molar-refractivity contribution in [2.24, 2.45) is 5.92 Å². The fourth-order valence-electron chi connectivity index (χ4n) is 2.38. The van der Waals surface area contributed by atoms with Crippen LogP contribution in [-0.4, -0.2) is 27.7 Å². The van der Waals surface area contributed by atoms with Gasteiger partial charge in [0.2, 0.25) is 10.0 Å². The third-order valence-electron chi connectivity index (χ3n) is 3.69. The van der Waals surface area contributed by atoms with Crippen LogP contribution in [0, 0.1) is 5.92 Å². The molecule has 0 aliphatic carbocycles. The molecule has 2 rings (SSSR count). The molecule has 0 bridgehead atoms. The number of ether oxygens (including phenoxy) is 1. The Kier molecular flexibility index (Phi) is 5.38. The highest BCUT2D eigenvalue weighted by Gasteiger charge is 2.27. The summed E-state index contributed by atoms with van der Waals surface area (Å²) >= 11 is 11.8. The summed E-state index contributed by atoms with van der Waals surface area (Å²) in [4.78, 5) is -0.0509. The van der Waals surface area contributed by atoms with Crippen molar-refractivity contribution >= 4 is 38.9 Å². The summed E-state index contributed by atoms with van der Waals surface area (Å²) in [7, 11) is -3.74. The van der Waals surface area contributed by atoms with Crippen LogP contribution in [-0.2, 0) is 14.8 Å². The number of benzene rings is 1. The van der Waals surface area contributed by atoms with Crippen LogP contribution in [0.3, 0.4) is 0 Å². The van der Waals surface area contributed by atoms with Crippen LogP contribution in [0.15, 0.2) is 17.0 Å². The Morgan fingerprint density at radius 2 is 1.95 bits per heavy atom. The molecule has 0 radical (unpaired) electrons. The van der Waals surface area contributed by atoms with E-state index in [1.165, 1.54) is 12.1 Å². The fraction of sp³-hybridized carbons (Fsp3) is 0.538. The summed E-state index contributed by atoms with van der Waals surface area (Å²) in [6.45, 7) is 3.16. The fourth-order valence-corrected chi connectivity index (χ4v) is 4.45. The van der Waals surface area contributed by atoms with Gasteiger partial charge in [0.15, 0.2) is 0 Å². The lowest BCUT2D eigenvalue weighted by atomic mass is 9.94. The van der Waals surface area contributed by atoms with Crippen LogP contribution in [0.2, 0.25) is 10.0 Å². The minimum absolute atomic E-state index is 0.0471. The van der Waals surface area contributed by atoms with E-state index < -0.39 is 10.0 Å². The number of nitrogens with two attached hydrogens (primary N) is 1. The number of halogens is 2. The van der Waals surface area contributed by atoms with E-state index in [4.69, 9.17) is 33.7 Å². The van der Waals surface area contributed by atoms with Gasteiger partial charge in [0.25, 0.3) is 0 Å². The summed E-state index contributed by atoms with van der Waals surface area (Å²) in [6, 6.07) is 2.59. The number of hydrogen-bond acceptors (Lipinski definition) is 4. The van der Waals surface area contributed by atoms with Crippen molar-refractivity contribution in [3.05, 3.63) is 22.2 Å². The number of anilines is 1. The van der Waals surface area contributed by atoms with Gasteiger partial charge >= 0.3 is 0 Å². The lowest BCUT2D eigenvalue weighted by molar-refractivity contribution is 0.0585. The zero-order valence-electron chi connectivity index (χ0n) is 11.6. The van der Waals surface area contributed by atoms with Gasteiger partial charge in [-0.2, -0.15) is 0 Å². The maximum atomic E-state index is 12.4. The van der Waals surface area contributed by atoms with Crippen molar-refractivity contribution in [1.29, 1.82) is 0 Å². The first-order chi connectivity index (χ1) is 9.83. The predicted octanol–water partition coefficient (Wildman–Crippen LogP) is 2.67. The summed E-state index contributed by atoms with van der Waals surface area (Å²) < 4.78 is 32.8. The van der Waals surface area contributed by atoms with Crippen LogP contribution < -0.4 is 10.5 Å². The third-order valence-corrected chi connectivity index (χ3v) is 6.14. The highest BCUT2D eigenvalue weighted by atomic mass is 35.5. The smallest absolute Gasteiger partial charge is 0.242 e. The maximum absolute atomic E-state index is 12.4. The molecule has 1 saturated heterocycles. The Labute approximate surface area is 134 Å². The molecule has 0 aromatic heterocycles. The second kappa shape index (κ2) is 6.71. The van der Waals surface area contributed by atoms with Gasteiger partial charge in [-0.05, 0) is 37.8 Å². The molecule has 1 fully saturated rings. The molecule has 21 heavy (non-hydrogen) atoms. The normalized spacial score (nSPS) is 18.6. The van der Waals surface area contributed by atoms with E-state index in [2.05, 4.69) is 4.72 Å². The van der Waals surface area contributed by atoms with Crippen molar-refractivity contribution < 1.29 is 13.2 Å². The number of hydrogen-bond donors (Lipinski definition) is 2. The van der Waals surface area contributed by atoms with Gasteiger partial charge in [-0.3, -0.25) is 0 Å². The lowest BCUT2D eigenvalue weighted by Crippen LogP contribution is -2.40. The number of sulfonamides is 1. The summed E-state index contributed by atoms with van der Waals surface area (Å²) in [5.41, 5.74) is 5.75. The Balaban J connectivity index is 2.20. The molecule has 118 valence electrons. The van der Waals surface area contributed by atoms with Crippen molar-refractivity contribution in [1.82, 2.24) is 4.72 Å². The van der Waals surface area contributed by atoms with Crippen molar-refractivity contribution in [3.63, 3.8) is 0 Å². The zero-order chi connectivity index (χ0) is 15.6. The summed E-state index contributed by atoms with van der Waals surface area (Å²) in [6.07, 6.45) is 1.67. The molecule has 1 aromatic carbocycles. The molecule has 3 N–H and O–H groups in total. The SMILES string of the molecule is CC(NS(=O)(=O)c1ccc(Cl)c(N)c1Cl)C1CCOCC1. The topological polar surface area (TPSA) is 81.4 Å². The Bertz CT molecular complexity index is 616. The third kappa shape index (κ3) is 3.81. The molecule has 8 heteroatoms. The number of nitrogen functional groups attached to an aromatic ring is 1. The highest BCUT2D eigenvalue weighted by molar-refractivity contribution is 7.89. The van der Waals surface area contributed by atoms with Gasteiger partial charge in [0.1, 0.15) is 4.90 Å². The van der Waals surface area contributed by atoms with E-state index in [-0.39, 0.29) is 32.6 Å². The van der Waals surface area contributed by atoms with Crippen molar-refractivity contribution in [3.8, 4) is 0 Å². The standard InChI is InChI=1S/C13H18Cl2N2O3S/c1-8(9-4-6-20-7-5-9)17-21(18,19)11-3-2-10(14)13(16)12(11)15/h2-3,8-9,17H,4-7,16H2,1H3. The number of nitrogens with one attached hydrogen (secondary N) is 1. The van der Waals surface area contributed by atoms with E-state index in [1.807, 2.05) is 6.92 Å². The summed E-state index contributed by atoms with van der Waals surface area (Å²) in [5, 5.41) is 0.186. The van der Waals surface area contributed by atoms with Crippen molar-refractivity contribution in [2.75, 3.05) is 18.9 Å². The average Bonchev–Trinajstić information content (AvgIpc) is 2.45. The Morgan fingerprint density at radius 1 is 1.33 bits per heavy atom. The largest absolute Gasteiger partial charge is 0.396 e. The second-order valence-electron chi connectivity index (χ2n) is 5.13. The summed E-state index contributed by atoms with van der Waals surface area (Å²) in [5.74, 6) is 0.247. The Hall–Kier alpha value is -0.530. The minimum atomic E-state index is -3.74.